The first kappa shape index (κ1) is 28.9. The van der Waals surface area contributed by atoms with Gasteiger partial charge in [0.25, 0.3) is 21.9 Å². The second-order valence-electron chi connectivity index (χ2n) is 8.41. The van der Waals surface area contributed by atoms with Gasteiger partial charge in [-0.3, -0.25) is 14.3 Å². The lowest BCUT2D eigenvalue weighted by molar-refractivity contribution is -0.131. The molecule has 4 rings (SSSR count). The lowest BCUT2D eigenvalue weighted by atomic mass is 10.2. The van der Waals surface area contributed by atoms with E-state index in [4.69, 9.17) is 5.26 Å². The van der Waals surface area contributed by atoms with E-state index in [2.05, 4.69) is 31.0 Å². The molecule has 0 saturated carbocycles. The monoisotopic (exact) mass is 655 g/mol. The molecule has 204 valence electrons. The Morgan fingerprint density at radius 1 is 1.21 bits per heavy atom. The third-order valence-corrected chi connectivity index (χ3v) is 9.50. The predicted molar refractivity (Wildman–Crippen MR) is 146 cm³/mol. The van der Waals surface area contributed by atoms with Crippen LogP contribution in [0.4, 0.5) is 14.5 Å². The van der Waals surface area contributed by atoms with Gasteiger partial charge < -0.3 is 10.2 Å². The zero-order chi connectivity index (χ0) is 28.2. The van der Waals surface area contributed by atoms with Gasteiger partial charge in [-0.05, 0) is 48.5 Å². The number of anilines is 1. The van der Waals surface area contributed by atoms with Gasteiger partial charge in [0.1, 0.15) is 16.7 Å². The number of nitrogens with one attached hydrogen (secondary N) is 2. The van der Waals surface area contributed by atoms with Gasteiger partial charge in [-0.2, -0.15) is 5.26 Å². The number of halogens is 3. The van der Waals surface area contributed by atoms with Crippen molar-refractivity contribution in [2.75, 3.05) is 17.8 Å². The smallest absolute Gasteiger partial charge is 0.271 e. The molecular weight excluding hydrogens is 636 g/mol. The number of nitrogens with zero attached hydrogens (tertiary/aromatic N) is 3. The summed E-state index contributed by atoms with van der Waals surface area (Å²) in [7, 11) is -3.72. The van der Waals surface area contributed by atoms with Crippen molar-refractivity contribution in [2.45, 2.75) is 33.9 Å². The molecule has 1 aliphatic heterocycles. The third-order valence-electron chi connectivity index (χ3n) is 5.52. The Balaban J connectivity index is 1.26. The molecule has 1 atom stereocenters. The van der Waals surface area contributed by atoms with Gasteiger partial charge in [0.05, 0.1) is 29.8 Å². The fraction of sp³-hybridized carbons (Fsp3) is 0.250. The van der Waals surface area contributed by atoms with Gasteiger partial charge in [0.2, 0.25) is 5.91 Å². The van der Waals surface area contributed by atoms with Crippen molar-refractivity contribution in [3.8, 4) is 6.07 Å². The number of hydrogen-bond donors (Lipinski definition) is 2. The molecule has 1 aromatic heterocycles. The first-order valence-electron chi connectivity index (χ1n) is 11.3. The second kappa shape index (κ2) is 12.0. The van der Waals surface area contributed by atoms with E-state index >= 15 is 0 Å². The second-order valence-corrected chi connectivity index (χ2v) is 13.0. The minimum absolute atomic E-state index is 0.0877. The van der Waals surface area contributed by atoms with Crippen LogP contribution in [0.1, 0.15) is 21.9 Å². The van der Waals surface area contributed by atoms with Crippen LogP contribution in [0, 0.1) is 11.3 Å². The molecule has 2 N–H and O–H groups in total. The van der Waals surface area contributed by atoms with E-state index in [1.54, 1.807) is 42.5 Å². The van der Waals surface area contributed by atoms with E-state index in [9.17, 15) is 26.8 Å². The van der Waals surface area contributed by atoms with E-state index in [1.165, 1.54) is 40.6 Å². The highest BCUT2D eigenvalue weighted by Gasteiger charge is 2.47. The largest absolute Gasteiger partial charge is 0.342 e. The number of likely N-dealkylation sites (tertiary alicyclic amines) is 1. The van der Waals surface area contributed by atoms with E-state index < -0.39 is 53.3 Å². The minimum Gasteiger partial charge on any atom is -0.342 e. The number of rotatable bonds is 9. The fourth-order valence-electron chi connectivity index (χ4n) is 3.62. The average Bonchev–Trinajstić information content (AvgIpc) is 3.50. The lowest BCUT2D eigenvalue weighted by Crippen LogP contribution is -2.43. The van der Waals surface area contributed by atoms with Crippen molar-refractivity contribution in [2.24, 2.45) is 0 Å². The summed E-state index contributed by atoms with van der Waals surface area (Å²) in [5.41, 5.74) is 0.494. The number of nitriles is 1. The van der Waals surface area contributed by atoms with Crippen LogP contribution >= 0.6 is 39.0 Å². The molecule has 39 heavy (non-hydrogen) atoms. The van der Waals surface area contributed by atoms with E-state index in [0.29, 0.717) is 16.4 Å². The molecule has 0 bridgehead atoms. The van der Waals surface area contributed by atoms with Crippen LogP contribution in [-0.4, -0.2) is 55.2 Å². The Morgan fingerprint density at radius 3 is 2.56 bits per heavy atom. The number of thiazole rings is 1. The number of aromatic nitrogens is 1. The van der Waals surface area contributed by atoms with Gasteiger partial charge in [-0.25, -0.2) is 22.2 Å². The minimum atomic E-state index is -3.72. The van der Waals surface area contributed by atoms with E-state index in [1.807, 2.05) is 0 Å². The summed E-state index contributed by atoms with van der Waals surface area (Å²) < 4.78 is 55.5. The summed E-state index contributed by atoms with van der Waals surface area (Å²) in [5.74, 6) is -4.08. The third kappa shape index (κ3) is 7.53. The molecule has 0 aliphatic carbocycles. The summed E-state index contributed by atoms with van der Waals surface area (Å²) in [5, 5.41) is 13.5. The topological polar surface area (TPSA) is 132 Å². The maximum absolute atomic E-state index is 13.5. The highest BCUT2D eigenvalue weighted by atomic mass is 79.9. The van der Waals surface area contributed by atoms with Gasteiger partial charge in [0.15, 0.2) is 0 Å². The van der Waals surface area contributed by atoms with Crippen LogP contribution in [0.2, 0.25) is 0 Å². The number of sulfonamides is 1. The van der Waals surface area contributed by atoms with Gasteiger partial charge in [0, 0.05) is 26.9 Å². The average molecular weight is 657 g/mol. The fourth-order valence-corrected chi connectivity index (χ4v) is 6.63. The number of hydrogen-bond acceptors (Lipinski definition) is 8. The number of thioether (sulfide) groups is 1. The van der Waals surface area contributed by atoms with E-state index in [-0.39, 0.29) is 10.6 Å². The molecule has 1 saturated heterocycles. The molecule has 2 aromatic carbocycles. The van der Waals surface area contributed by atoms with Crippen LogP contribution in [-0.2, 0) is 20.6 Å². The van der Waals surface area contributed by atoms with Gasteiger partial charge >= 0.3 is 0 Å². The lowest BCUT2D eigenvalue weighted by Gasteiger charge is -2.19. The normalized spacial score (nSPS) is 16.5. The Labute approximate surface area is 239 Å². The first-order chi connectivity index (χ1) is 18.5. The number of amides is 2. The van der Waals surface area contributed by atoms with Crippen molar-refractivity contribution in [3.63, 3.8) is 0 Å². The highest BCUT2D eigenvalue weighted by Crippen LogP contribution is 2.31. The van der Waals surface area contributed by atoms with Crippen LogP contribution in [0.5, 0.6) is 0 Å². The zero-order valence-electron chi connectivity index (χ0n) is 19.9. The first-order valence-corrected chi connectivity index (χ1v) is 15.4. The van der Waals surface area contributed by atoms with Crippen LogP contribution in [0.15, 0.2) is 68.2 Å². The summed E-state index contributed by atoms with van der Waals surface area (Å²) in [6.45, 7) is -1.37. The van der Waals surface area contributed by atoms with Crippen molar-refractivity contribution < 1.29 is 26.8 Å². The molecular formula is C24H20BrF2N5O4S3. The molecule has 0 radical (unpaired) electrons. The molecule has 1 aliphatic rings. The Hall–Kier alpha value is -3.06. The van der Waals surface area contributed by atoms with Crippen LogP contribution in [0.25, 0.3) is 0 Å². The summed E-state index contributed by atoms with van der Waals surface area (Å²) in [4.78, 5) is 30.7. The zero-order valence-corrected chi connectivity index (χ0v) is 24.0. The van der Waals surface area contributed by atoms with Crippen LogP contribution in [0.3, 0.4) is 0 Å². The number of carbonyl (C=O) groups is 2. The molecule has 0 unspecified atom stereocenters. The summed E-state index contributed by atoms with van der Waals surface area (Å²) in [6, 6.07) is 13.5. The van der Waals surface area contributed by atoms with Crippen molar-refractivity contribution >= 4 is 66.6 Å². The Bertz CT molecular complexity index is 1510. The number of alkyl halides is 2. The molecule has 2 heterocycles. The Morgan fingerprint density at radius 2 is 1.90 bits per heavy atom. The number of carbonyl (C=O) groups excluding carboxylic acids is 2. The van der Waals surface area contributed by atoms with Crippen molar-refractivity contribution in [1.29, 1.82) is 5.26 Å². The Kier molecular flexibility index (Phi) is 8.90. The predicted octanol–water partition coefficient (Wildman–Crippen LogP) is 4.49. The maximum Gasteiger partial charge on any atom is 0.271 e. The van der Waals surface area contributed by atoms with Gasteiger partial charge in [-0.15, -0.1) is 23.1 Å². The van der Waals surface area contributed by atoms with Gasteiger partial charge in [-0.1, -0.05) is 15.9 Å². The molecule has 1 fully saturated rings. The van der Waals surface area contributed by atoms with E-state index in [0.717, 1.165) is 14.3 Å². The summed E-state index contributed by atoms with van der Waals surface area (Å²) >= 11 is 5.95. The van der Waals surface area contributed by atoms with Crippen molar-refractivity contribution in [3.05, 3.63) is 69.1 Å². The number of benzene rings is 2. The summed E-state index contributed by atoms with van der Waals surface area (Å²) in [6.07, 6.45) is -0.722. The highest BCUT2D eigenvalue weighted by molar-refractivity contribution is 9.10. The molecule has 15 heteroatoms. The van der Waals surface area contributed by atoms with Crippen LogP contribution < -0.4 is 10.0 Å². The maximum atomic E-state index is 13.5. The SMILES string of the molecule is N#C[C@@H]1CC(F)(F)CN1C(=O)CNC(=O)c1csc(CSc2ccc(NS(=O)(=O)c3ccc(Br)cc3)cc2)n1. The molecule has 9 nitrogen and oxygen atoms in total. The standard InChI is InChI=1S/C24H20BrF2N5O4S3/c25-15-1-7-19(8-2-15)39(35,36)31-16-3-5-18(6-4-16)37-13-21-30-20(12-38-21)23(34)29-11-22(33)32-14-24(26,27)9-17(32)10-28/h1-8,12,17,31H,9,11,13-14H2,(H,29,34)/t17-/m0/s1. The van der Waals surface area contributed by atoms with Crippen molar-refractivity contribution in [1.82, 2.24) is 15.2 Å². The quantitative estimate of drug-likeness (QED) is 0.325. The molecule has 0 spiro atoms. The molecule has 3 aromatic rings. The molecule has 2 amide bonds.